The minimum atomic E-state index is 0. The van der Waals surface area contributed by atoms with Crippen LogP contribution in [0.25, 0.3) is 10.8 Å². The Balaban J connectivity index is 0. The van der Waals surface area contributed by atoms with Crippen LogP contribution in [0.15, 0.2) is 54.6 Å². The van der Waals surface area contributed by atoms with Crippen LogP contribution in [0.4, 0.5) is 0 Å². The second-order valence-corrected chi connectivity index (χ2v) is 8.08. The first kappa shape index (κ1) is 24.2. The second kappa shape index (κ2) is 11.5. The minimum Gasteiger partial charge on any atom is -1.00 e. The molecule has 0 aliphatic heterocycles. The smallest absolute Gasteiger partial charge is 1.00 e. The summed E-state index contributed by atoms with van der Waals surface area (Å²) < 4.78 is 0. The molecule has 1 aliphatic rings. The molecule has 0 amide bonds. The van der Waals surface area contributed by atoms with Gasteiger partial charge in [0, 0.05) is 0 Å². The summed E-state index contributed by atoms with van der Waals surface area (Å²) >= 11 is 0. The summed E-state index contributed by atoms with van der Waals surface area (Å²) in [6, 6.07) is 13.2. The van der Waals surface area contributed by atoms with Gasteiger partial charge in [-0.2, -0.15) is 22.7 Å². The SMILES string of the molecule is CC(C)(C)[Si]c1cc2ccccc2[cH-]1.[C-]1=CC=CC1.[Cl-].[Cl-].[Zr+4]. The molecule has 0 N–H and O–H groups in total. The predicted molar refractivity (Wildman–Crippen MR) is 86.2 cm³/mol. The van der Waals surface area contributed by atoms with Gasteiger partial charge < -0.3 is 24.8 Å². The fourth-order valence-electron chi connectivity index (χ4n) is 2.00. The van der Waals surface area contributed by atoms with Gasteiger partial charge in [0.1, 0.15) is 0 Å². The summed E-state index contributed by atoms with van der Waals surface area (Å²) in [5.74, 6) is 0. The van der Waals surface area contributed by atoms with Gasteiger partial charge in [-0.15, -0.1) is 36.1 Å². The molecule has 0 fully saturated rings. The van der Waals surface area contributed by atoms with E-state index >= 15 is 0 Å². The molecule has 0 aromatic heterocycles. The quantitative estimate of drug-likeness (QED) is 0.382. The van der Waals surface area contributed by atoms with Gasteiger partial charge in [0.25, 0.3) is 0 Å². The number of fused-ring (bicyclic) bond motifs is 1. The fraction of sp³-hybridized carbons (Fsp3) is 0.278. The summed E-state index contributed by atoms with van der Waals surface area (Å²) in [6.45, 7) is 6.88. The zero-order valence-corrected chi connectivity index (χ0v) is 18.1. The van der Waals surface area contributed by atoms with Crippen molar-refractivity contribution in [3.63, 3.8) is 0 Å². The zero-order valence-electron chi connectivity index (χ0n) is 13.2. The molecule has 0 heterocycles. The van der Waals surface area contributed by atoms with Crippen LogP contribution in [0.5, 0.6) is 0 Å². The van der Waals surface area contributed by atoms with Crippen LogP contribution in [0.3, 0.4) is 0 Å². The number of halogens is 2. The van der Waals surface area contributed by atoms with E-state index < -0.39 is 0 Å². The summed E-state index contributed by atoms with van der Waals surface area (Å²) in [5, 5.41) is 4.64. The Morgan fingerprint density at radius 3 is 2.27 bits per heavy atom. The molecule has 0 unspecified atom stereocenters. The van der Waals surface area contributed by atoms with E-state index in [0.29, 0.717) is 5.04 Å². The van der Waals surface area contributed by atoms with E-state index in [0.717, 1.165) is 15.9 Å². The van der Waals surface area contributed by atoms with E-state index in [-0.39, 0.29) is 51.0 Å². The Hall–Kier alpha value is -0.01000. The van der Waals surface area contributed by atoms with Gasteiger partial charge >= 0.3 is 26.2 Å². The number of benzene rings is 1. The van der Waals surface area contributed by atoms with Gasteiger partial charge in [0.15, 0.2) is 0 Å². The maximum absolute atomic E-state index is 2.99. The van der Waals surface area contributed by atoms with Crippen molar-refractivity contribution in [2.24, 2.45) is 0 Å². The van der Waals surface area contributed by atoms with E-state index in [2.05, 4.69) is 69.3 Å². The minimum absolute atomic E-state index is 0. The van der Waals surface area contributed by atoms with Crippen molar-refractivity contribution in [2.75, 3.05) is 0 Å². The first-order chi connectivity index (χ1) is 9.04. The van der Waals surface area contributed by atoms with Crippen molar-refractivity contribution in [2.45, 2.75) is 32.2 Å². The summed E-state index contributed by atoms with van der Waals surface area (Å²) in [7, 11) is 0.897. The molecule has 0 nitrogen and oxygen atoms in total. The van der Waals surface area contributed by atoms with Crippen molar-refractivity contribution in [1.29, 1.82) is 0 Å². The summed E-state index contributed by atoms with van der Waals surface area (Å²) in [5.41, 5.74) is 0. The molecule has 2 aromatic rings. The molecular weight excluding hydrogens is 406 g/mol. The van der Waals surface area contributed by atoms with E-state index in [1.165, 1.54) is 16.0 Å². The number of hydrogen-bond acceptors (Lipinski definition) is 0. The molecular formula is C18H20Cl2SiZr. The van der Waals surface area contributed by atoms with E-state index in [9.17, 15) is 0 Å². The average molecular weight is 427 g/mol. The second-order valence-electron chi connectivity index (χ2n) is 5.75. The molecule has 22 heavy (non-hydrogen) atoms. The molecule has 0 bridgehead atoms. The fourth-order valence-corrected chi connectivity index (χ4v) is 3.32. The molecule has 2 aromatic carbocycles. The monoisotopic (exact) mass is 424 g/mol. The van der Waals surface area contributed by atoms with Crippen molar-refractivity contribution in [1.82, 2.24) is 0 Å². The molecule has 4 heteroatoms. The van der Waals surface area contributed by atoms with E-state index in [1.54, 1.807) is 0 Å². The molecule has 2 radical (unpaired) electrons. The van der Waals surface area contributed by atoms with Crippen LogP contribution in [0.1, 0.15) is 27.2 Å². The first-order valence-corrected chi connectivity index (χ1v) is 7.70. The van der Waals surface area contributed by atoms with E-state index in [4.69, 9.17) is 0 Å². The zero-order chi connectivity index (χ0) is 13.7. The first-order valence-electron chi connectivity index (χ1n) is 6.70. The van der Waals surface area contributed by atoms with Crippen LogP contribution < -0.4 is 30.0 Å². The molecule has 3 rings (SSSR count). The van der Waals surface area contributed by atoms with Crippen LogP contribution in [-0.4, -0.2) is 9.52 Å². The predicted octanol–water partition coefficient (Wildman–Crippen LogP) is -1.58. The van der Waals surface area contributed by atoms with Gasteiger partial charge in [-0.25, -0.2) is 12.2 Å². The third kappa shape index (κ3) is 8.58. The van der Waals surface area contributed by atoms with Gasteiger partial charge in [0.05, 0.1) is 9.52 Å². The van der Waals surface area contributed by atoms with Gasteiger partial charge in [0.2, 0.25) is 0 Å². The molecule has 0 saturated carbocycles. The maximum atomic E-state index is 2.99. The van der Waals surface area contributed by atoms with Crippen molar-refractivity contribution >= 4 is 25.5 Å². The maximum Gasteiger partial charge on any atom is 4.00 e. The normalized spacial score (nSPS) is 11.8. The molecule has 0 saturated heterocycles. The summed E-state index contributed by atoms with van der Waals surface area (Å²) in [6.07, 6.45) is 10.0. The van der Waals surface area contributed by atoms with Crippen LogP contribution in [0.2, 0.25) is 5.04 Å². The van der Waals surface area contributed by atoms with Crippen molar-refractivity contribution < 1.29 is 51.0 Å². The molecule has 1 aliphatic carbocycles. The molecule has 0 spiro atoms. The summed E-state index contributed by atoms with van der Waals surface area (Å²) in [4.78, 5) is 0. The Bertz CT molecular complexity index is 551. The van der Waals surface area contributed by atoms with Crippen molar-refractivity contribution in [3.8, 4) is 0 Å². The third-order valence-electron chi connectivity index (χ3n) is 2.72. The topological polar surface area (TPSA) is 0 Å². The van der Waals surface area contributed by atoms with Crippen molar-refractivity contribution in [3.05, 3.63) is 60.7 Å². The van der Waals surface area contributed by atoms with E-state index in [1.807, 2.05) is 12.2 Å². The molecule has 114 valence electrons. The third-order valence-corrected chi connectivity index (χ3v) is 4.05. The Morgan fingerprint density at radius 1 is 1.14 bits per heavy atom. The molecule has 0 atom stereocenters. The standard InChI is InChI=1S/C13H15Si.C5H5.2ClH.Zr/c1-13(2,3)14-12-8-10-6-4-5-7-11(10)9-12;1-2-4-5-3-1;;;/h4-9H,1-3H3;1-3H,4H2;2*1H;/q2*-1;;;+4/p-2. The Labute approximate surface area is 168 Å². The largest absolute Gasteiger partial charge is 4.00 e. The average Bonchev–Trinajstić information content (AvgIpc) is 2.98. The Kier molecular flexibility index (Phi) is 12.7. The van der Waals surface area contributed by atoms with Crippen LogP contribution in [-0.2, 0) is 26.2 Å². The van der Waals surface area contributed by atoms with Gasteiger partial charge in [-0.1, -0.05) is 26.8 Å². The van der Waals surface area contributed by atoms with Gasteiger partial charge in [-0.05, 0) is 5.04 Å². The number of rotatable bonds is 1. The number of hydrogen-bond donors (Lipinski definition) is 0. The Morgan fingerprint density at radius 2 is 1.82 bits per heavy atom. The van der Waals surface area contributed by atoms with Crippen LogP contribution in [0, 0.1) is 6.08 Å². The number of allylic oxidation sites excluding steroid dienone is 4. The van der Waals surface area contributed by atoms with Gasteiger partial charge in [-0.3, -0.25) is 6.08 Å². The van der Waals surface area contributed by atoms with Crippen LogP contribution >= 0.6 is 0 Å².